The fourth-order valence-electron chi connectivity index (χ4n) is 4.35. The van der Waals surface area contributed by atoms with Crippen molar-refractivity contribution in [2.75, 3.05) is 45.1 Å². The first-order chi connectivity index (χ1) is 18.7. The SMILES string of the molecule is CCc1nc(C(N)=O)c(Nc2ccc(F)c(CCNC(=O)CN(C)C(=O)C=CCN3CCC3)c2)nc1C1CC1. The maximum absolute atomic E-state index is 14.5. The van der Waals surface area contributed by atoms with Crippen LogP contribution < -0.4 is 16.4 Å². The number of anilines is 2. The Morgan fingerprint density at radius 3 is 2.64 bits per heavy atom. The minimum atomic E-state index is -0.692. The van der Waals surface area contributed by atoms with Crippen LogP contribution >= 0.6 is 0 Å². The van der Waals surface area contributed by atoms with Gasteiger partial charge in [0.05, 0.1) is 17.9 Å². The van der Waals surface area contributed by atoms with Crippen molar-refractivity contribution in [2.45, 2.75) is 44.9 Å². The second-order valence-corrected chi connectivity index (χ2v) is 10.0. The summed E-state index contributed by atoms with van der Waals surface area (Å²) >= 11 is 0. The van der Waals surface area contributed by atoms with Gasteiger partial charge in [-0.1, -0.05) is 13.0 Å². The number of aromatic nitrogens is 2. The summed E-state index contributed by atoms with van der Waals surface area (Å²) in [6, 6.07) is 4.47. The van der Waals surface area contributed by atoms with Crippen molar-refractivity contribution in [2.24, 2.45) is 5.73 Å². The molecule has 0 spiro atoms. The third-order valence-corrected chi connectivity index (χ3v) is 6.89. The molecule has 208 valence electrons. The topological polar surface area (TPSA) is 134 Å². The van der Waals surface area contributed by atoms with Gasteiger partial charge in [0.25, 0.3) is 5.91 Å². The number of likely N-dealkylation sites (tertiary alicyclic amines) is 1. The van der Waals surface area contributed by atoms with Gasteiger partial charge in [-0.05, 0) is 69.0 Å². The van der Waals surface area contributed by atoms with Crippen molar-refractivity contribution in [1.29, 1.82) is 0 Å². The molecule has 1 aromatic carbocycles. The molecule has 2 aromatic rings. The van der Waals surface area contributed by atoms with Crippen molar-refractivity contribution in [3.63, 3.8) is 0 Å². The normalized spacial score (nSPS) is 15.2. The number of primary amides is 1. The first kappa shape index (κ1) is 28.2. The first-order valence-electron chi connectivity index (χ1n) is 13.4. The number of hydrogen-bond donors (Lipinski definition) is 3. The van der Waals surface area contributed by atoms with Crippen LogP contribution in [0.25, 0.3) is 0 Å². The van der Waals surface area contributed by atoms with E-state index in [1.165, 1.54) is 23.5 Å². The van der Waals surface area contributed by atoms with Crippen LogP contribution in [-0.2, 0) is 22.4 Å². The Labute approximate surface area is 227 Å². The van der Waals surface area contributed by atoms with Gasteiger partial charge in [-0.25, -0.2) is 14.4 Å². The Bertz CT molecular complexity index is 1260. The van der Waals surface area contributed by atoms with E-state index in [0.717, 1.165) is 43.9 Å². The molecule has 2 fully saturated rings. The number of nitrogens with two attached hydrogens (primary N) is 1. The number of nitrogens with one attached hydrogen (secondary N) is 2. The maximum atomic E-state index is 14.5. The van der Waals surface area contributed by atoms with Gasteiger partial charge in [0.2, 0.25) is 11.8 Å². The van der Waals surface area contributed by atoms with E-state index in [-0.39, 0.29) is 42.8 Å². The predicted octanol–water partition coefficient (Wildman–Crippen LogP) is 2.28. The van der Waals surface area contributed by atoms with E-state index in [2.05, 4.69) is 25.5 Å². The van der Waals surface area contributed by atoms with Crippen molar-refractivity contribution in [3.8, 4) is 0 Å². The second-order valence-electron chi connectivity index (χ2n) is 10.0. The number of carbonyl (C=O) groups is 3. The average molecular weight is 538 g/mol. The Morgan fingerprint density at radius 2 is 2.00 bits per heavy atom. The first-order valence-corrected chi connectivity index (χ1v) is 13.4. The van der Waals surface area contributed by atoms with Crippen LogP contribution in [0, 0.1) is 5.82 Å². The standard InChI is InChI=1S/C28H36FN7O3/c1-3-22-25(18-7-8-18)34-28(26(33-22)27(30)39)32-20-9-10-21(29)19(16-20)11-12-31-23(37)17-35(2)24(38)6-4-13-36-14-5-15-36/h4,6,9-10,16,18H,3,5,7-8,11-15,17H2,1-2H3,(H2,30,39)(H,31,37)(H,32,34). The van der Waals surface area contributed by atoms with Crippen LogP contribution in [0.1, 0.15) is 59.5 Å². The predicted molar refractivity (Wildman–Crippen MR) is 146 cm³/mol. The molecule has 1 saturated carbocycles. The van der Waals surface area contributed by atoms with Crippen LogP contribution in [0.5, 0.6) is 0 Å². The Kier molecular flexibility index (Phi) is 9.23. The number of aryl methyl sites for hydroxylation is 1. The molecule has 0 atom stereocenters. The largest absolute Gasteiger partial charge is 0.364 e. The zero-order valence-corrected chi connectivity index (χ0v) is 22.5. The molecule has 1 aliphatic heterocycles. The molecule has 0 bridgehead atoms. The van der Waals surface area contributed by atoms with Gasteiger partial charge in [0, 0.05) is 37.8 Å². The molecule has 1 aromatic heterocycles. The molecule has 1 aliphatic carbocycles. The zero-order chi connectivity index (χ0) is 27.9. The summed E-state index contributed by atoms with van der Waals surface area (Å²) in [5.74, 6) is -1.11. The van der Waals surface area contributed by atoms with Gasteiger partial charge in [0.1, 0.15) is 5.82 Å². The minimum absolute atomic E-state index is 0.0449. The zero-order valence-electron chi connectivity index (χ0n) is 22.5. The second kappa shape index (κ2) is 12.8. The third kappa shape index (κ3) is 7.60. The van der Waals surface area contributed by atoms with Gasteiger partial charge >= 0.3 is 0 Å². The summed E-state index contributed by atoms with van der Waals surface area (Å²) in [6.07, 6.45) is 7.42. The van der Waals surface area contributed by atoms with E-state index >= 15 is 0 Å². The molecular formula is C28H36FN7O3. The van der Waals surface area contributed by atoms with Crippen molar-refractivity contribution in [1.82, 2.24) is 25.1 Å². The van der Waals surface area contributed by atoms with E-state index in [1.54, 1.807) is 19.2 Å². The number of hydrogen-bond acceptors (Lipinski definition) is 7. The molecule has 39 heavy (non-hydrogen) atoms. The van der Waals surface area contributed by atoms with Gasteiger partial charge in [-0.2, -0.15) is 0 Å². The smallest absolute Gasteiger partial charge is 0.271 e. The summed E-state index contributed by atoms with van der Waals surface area (Å²) in [4.78, 5) is 49.3. The molecule has 10 nitrogen and oxygen atoms in total. The number of likely N-dealkylation sites (N-methyl/N-ethyl adjacent to an activating group) is 1. The van der Waals surface area contributed by atoms with E-state index in [9.17, 15) is 18.8 Å². The highest BCUT2D eigenvalue weighted by Gasteiger charge is 2.30. The molecule has 4 rings (SSSR count). The number of rotatable bonds is 13. The molecule has 0 radical (unpaired) electrons. The summed E-state index contributed by atoms with van der Waals surface area (Å²) in [5, 5.41) is 5.82. The fourth-order valence-corrected chi connectivity index (χ4v) is 4.35. The Morgan fingerprint density at radius 1 is 1.23 bits per heavy atom. The van der Waals surface area contributed by atoms with E-state index in [4.69, 9.17) is 5.73 Å². The molecule has 2 heterocycles. The van der Waals surface area contributed by atoms with Gasteiger partial charge < -0.3 is 21.3 Å². The fraction of sp³-hybridized carbons (Fsp3) is 0.464. The molecule has 4 N–H and O–H groups in total. The van der Waals surface area contributed by atoms with Crippen molar-refractivity contribution in [3.05, 3.63) is 58.8 Å². The lowest BCUT2D eigenvalue weighted by molar-refractivity contribution is -0.131. The molecule has 0 unspecified atom stereocenters. The average Bonchev–Trinajstić information content (AvgIpc) is 3.72. The van der Waals surface area contributed by atoms with Crippen LogP contribution in [0.4, 0.5) is 15.9 Å². The van der Waals surface area contributed by atoms with E-state index in [0.29, 0.717) is 23.6 Å². The van der Waals surface area contributed by atoms with Crippen LogP contribution in [0.3, 0.4) is 0 Å². The quantitative estimate of drug-likeness (QED) is 0.334. The third-order valence-electron chi connectivity index (χ3n) is 6.89. The highest BCUT2D eigenvalue weighted by atomic mass is 19.1. The lowest BCUT2D eigenvalue weighted by Gasteiger charge is -2.29. The molecule has 1 saturated heterocycles. The lowest BCUT2D eigenvalue weighted by Crippen LogP contribution is -2.39. The summed E-state index contributed by atoms with van der Waals surface area (Å²) in [6.45, 7) is 4.88. The summed E-state index contributed by atoms with van der Waals surface area (Å²) in [7, 11) is 1.57. The Balaban J connectivity index is 1.33. The van der Waals surface area contributed by atoms with Crippen LogP contribution in [0.15, 0.2) is 30.4 Å². The monoisotopic (exact) mass is 537 g/mol. The summed E-state index contributed by atoms with van der Waals surface area (Å²) in [5.41, 5.74) is 8.14. The molecule has 2 aliphatic rings. The summed E-state index contributed by atoms with van der Waals surface area (Å²) < 4.78 is 14.5. The lowest BCUT2D eigenvalue weighted by atomic mass is 10.1. The maximum Gasteiger partial charge on any atom is 0.271 e. The number of nitrogens with zero attached hydrogens (tertiary/aromatic N) is 4. The van der Waals surface area contributed by atoms with E-state index < -0.39 is 11.7 Å². The highest BCUT2D eigenvalue weighted by molar-refractivity contribution is 5.96. The van der Waals surface area contributed by atoms with Gasteiger partial charge in [-0.3, -0.25) is 19.3 Å². The highest BCUT2D eigenvalue weighted by Crippen LogP contribution is 2.41. The Hall–Kier alpha value is -3.86. The number of benzene rings is 1. The number of carbonyl (C=O) groups excluding carboxylic acids is 3. The van der Waals surface area contributed by atoms with Gasteiger partial charge in [0.15, 0.2) is 11.5 Å². The molecular weight excluding hydrogens is 501 g/mol. The number of halogens is 1. The van der Waals surface area contributed by atoms with Crippen LogP contribution in [-0.4, -0.2) is 77.3 Å². The van der Waals surface area contributed by atoms with Crippen molar-refractivity contribution >= 4 is 29.2 Å². The molecule has 11 heteroatoms. The van der Waals surface area contributed by atoms with Crippen LogP contribution in [0.2, 0.25) is 0 Å². The van der Waals surface area contributed by atoms with Crippen molar-refractivity contribution < 1.29 is 18.8 Å². The molecule has 3 amide bonds. The minimum Gasteiger partial charge on any atom is -0.364 e. The van der Waals surface area contributed by atoms with E-state index in [1.807, 2.05) is 13.0 Å². The van der Waals surface area contributed by atoms with Gasteiger partial charge in [-0.15, -0.1) is 0 Å². The number of amides is 3.